The molecule has 3 heterocycles. The number of hydrogen-bond acceptors (Lipinski definition) is 4. The Morgan fingerprint density at radius 1 is 1.04 bits per heavy atom. The highest BCUT2D eigenvalue weighted by molar-refractivity contribution is 7.08. The van der Waals surface area contributed by atoms with E-state index in [1.54, 1.807) is 27.7 Å². The maximum atomic E-state index is 12.9. The number of nitrogens with zero attached hydrogens (tertiary/aromatic N) is 2. The van der Waals surface area contributed by atoms with Crippen LogP contribution >= 0.6 is 22.7 Å². The van der Waals surface area contributed by atoms with Crippen molar-refractivity contribution in [2.75, 3.05) is 0 Å². The first-order valence-corrected chi connectivity index (χ1v) is 9.22. The molecule has 0 bridgehead atoms. The third kappa shape index (κ3) is 2.73. The monoisotopic (exact) mass is 338 g/mol. The fraction of sp³-hybridized carbons (Fsp3) is 0.111. The van der Waals surface area contributed by atoms with Gasteiger partial charge in [-0.2, -0.15) is 27.8 Å². The smallest absolute Gasteiger partial charge is 0.267 e. The van der Waals surface area contributed by atoms with Crippen LogP contribution < -0.4 is 0 Å². The van der Waals surface area contributed by atoms with Gasteiger partial charge in [-0.25, -0.2) is 5.01 Å². The molecule has 1 aliphatic rings. The first-order chi connectivity index (χ1) is 11.3. The molecule has 0 N–H and O–H groups in total. The normalized spacial score (nSPS) is 17.3. The van der Waals surface area contributed by atoms with Gasteiger partial charge in [0.15, 0.2) is 0 Å². The lowest BCUT2D eigenvalue weighted by Gasteiger charge is -2.21. The Kier molecular flexibility index (Phi) is 3.81. The molecule has 0 radical (unpaired) electrons. The number of thiophene rings is 2. The Hall–Kier alpha value is -2.24. The molecule has 2 aromatic heterocycles. The first kappa shape index (κ1) is 14.4. The quantitative estimate of drug-likeness (QED) is 0.675. The van der Waals surface area contributed by atoms with Gasteiger partial charge in [0, 0.05) is 17.5 Å². The van der Waals surface area contributed by atoms with Crippen molar-refractivity contribution in [1.29, 1.82) is 0 Å². The Morgan fingerprint density at radius 3 is 2.52 bits per heavy atom. The van der Waals surface area contributed by atoms with Crippen molar-refractivity contribution in [2.45, 2.75) is 12.5 Å². The van der Waals surface area contributed by atoms with Crippen LogP contribution in [0.2, 0.25) is 0 Å². The van der Waals surface area contributed by atoms with E-state index in [1.165, 1.54) is 0 Å². The third-order valence-corrected chi connectivity index (χ3v) is 5.31. The molecule has 0 unspecified atom stereocenters. The molecule has 3 aromatic rings. The zero-order valence-corrected chi connectivity index (χ0v) is 13.9. The molecule has 0 fully saturated rings. The molecule has 1 aromatic carbocycles. The number of hydrogen-bond donors (Lipinski definition) is 0. The van der Waals surface area contributed by atoms with E-state index in [4.69, 9.17) is 0 Å². The van der Waals surface area contributed by atoms with Gasteiger partial charge in [-0.15, -0.1) is 0 Å². The summed E-state index contributed by atoms with van der Waals surface area (Å²) in [6, 6.07) is 13.5. The van der Waals surface area contributed by atoms with Crippen LogP contribution in [-0.4, -0.2) is 16.6 Å². The highest BCUT2D eigenvalue weighted by atomic mass is 32.1. The molecule has 1 amide bonds. The van der Waals surface area contributed by atoms with Gasteiger partial charge in [0.25, 0.3) is 5.91 Å². The maximum absolute atomic E-state index is 12.9. The second kappa shape index (κ2) is 6.10. The van der Waals surface area contributed by atoms with Crippen LogP contribution in [0, 0.1) is 0 Å². The van der Waals surface area contributed by atoms with Gasteiger partial charge in [-0.05, 0) is 51.3 Å². The fourth-order valence-electron chi connectivity index (χ4n) is 2.74. The van der Waals surface area contributed by atoms with Gasteiger partial charge in [0.1, 0.15) is 0 Å². The van der Waals surface area contributed by atoms with Gasteiger partial charge in [0.05, 0.1) is 11.8 Å². The molecule has 0 spiro atoms. The minimum absolute atomic E-state index is 0.0242. The van der Waals surface area contributed by atoms with Crippen molar-refractivity contribution in [3.05, 3.63) is 80.7 Å². The molecule has 1 aliphatic heterocycles. The largest absolute Gasteiger partial charge is 0.274 e. The third-order valence-electron chi connectivity index (χ3n) is 3.92. The molecule has 114 valence electrons. The van der Waals surface area contributed by atoms with Crippen LogP contribution in [0.5, 0.6) is 0 Å². The van der Waals surface area contributed by atoms with Crippen molar-refractivity contribution in [1.82, 2.24) is 5.01 Å². The predicted octanol–water partition coefficient (Wildman–Crippen LogP) is 4.80. The molecule has 0 saturated heterocycles. The molecule has 5 heteroatoms. The summed E-state index contributed by atoms with van der Waals surface area (Å²) in [5.41, 5.74) is 3.90. The van der Waals surface area contributed by atoms with Crippen LogP contribution in [0.3, 0.4) is 0 Å². The van der Waals surface area contributed by atoms with E-state index >= 15 is 0 Å². The predicted molar refractivity (Wildman–Crippen MR) is 95.1 cm³/mol. The zero-order chi connectivity index (χ0) is 15.6. The molecule has 0 aliphatic carbocycles. The lowest BCUT2D eigenvalue weighted by atomic mass is 10.0. The standard InChI is InChI=1S/C18H14N2OS2/c21-18(13-4-2-1-3-5-13)20-17(15-7-9-23-12-15)10-16(19-20)14-6-8-22-11-14/h1-9,11-12,17H,10H2/t17-/m0/s1. The summed E-state index contributed by atoms with van der Waals surface area (Å²) in [6.07, 6.45) is 0.756. The molecule has 4 rings (SSSR count). The summed E-state index contributed by atoms with van der Waals surface area (Å²) in [6.45, 7) is 0. The molecule has 3 nitrogen and oxygen atoms in total. The van der Waals surface area contributed by atoms with Crippen LogP contribution in [0.15, 0.2) is 69.1 Å². The van der Waals surface area contributed by atoms with Crippen molar-refractivity contribution in [3.8, 4) is 0 Å². The second-order valence-corrected chi connectivity index (χ2v) is 6.91. The average Bonchev–Trinajstić information content (AvgIpc) is 3.34. The van der Waals surface area contributed by atoms with Gasteiger partial charge in [0.2, 0.25) is 0 Å². The number of carbonyl (C=O) groups excluding carboxylic acids is 1. The highest BCUT2D eigenvalue weighted by Gasteiger charge is 2.33. The number of hydrazone groups is 1. The van der Waals surface area contributed by atoms with Crippen molar-refractivity contribution >= 4 is 34.3 Å². The molecule has 23 heavy (non-hydrogen) atoms. The summed E-state index contributed by atoms with van der Waals surface area (Å²) in [5.74, 6) is -0.0490. The maximum Gasteiger partial charge on any atom is 0.274 e. The summed E-state index contributed by atoms with van der Waals surface area (Å²) in [7, 11) is 0. The van der Waals surface area contributed by atoms with Crippen LogP contribution in [-0.2, 0) is 0 Å². The minimum atomic E-state index is -0.0490. The number of carbonyl (C=O) groups is 1. The van der Waals surface area contributed by atoms with Gasteiger partial charge in [-0.3, -0.25) is 4.79 Å². The summed E-state index contributed by atoms with van der Waals surface area (Å²) in [4.78, 5) is 12.9. The van der Waals surface area contributed by atoms with E-state index in [2.05, 4.69) is 28.0 Å². The second-order valence-electron chi connectivity index (χ2n) is 5.35. The fourth-order valence-corrected chi connectivity index (χ4v) is 4.11. The van der Waals surface area contributed by atoms with E-state index in [1.807, 2.05) is 41.1 Å². The highest BCUT2D eigenvalue weighted by Crippen LogP contribution is 2.35. The van der Waals surface area contributed by atoms with E-state index in [0.29, 0.717) is 5.56 Å². The van der Waals surface area contributed by atoms with E-state index in [-0.39, 0.29) is 11.9 Å². The minimum Gasteiger partial charge on any atom is -0.267 e. The Balaban J connectivity index is 1.72. The van der Waals surface area contributed by atoms with Crippen molar-refractivity contribution in [3.63, 3.8) is 0 Å². The van der Waals surface area contributed by atoms with Crippen LogP contribution in [0.25, 0.3) is 0 Å². The van der Waals surface area contributed by atoms with Crippen LogP contribution in [0.1, 0.15) is 33.9 Å². The number of amides is 1. The average molecular weight is 338 g/mol. The molecule has 0 saturated carbocycles. The lowest BCUT2D eigenvalue weighted by Crippen LogP contribution is -2.26. The Labute approximate surface area is 142 Å². The number of rotatable bonds is 3. The molecule has 1 atom stereocenters. The Morgan fingerprint density at radius 2 is 1.83 bits per heavy atom. The van der Waals surface area contributed by atoms with E-state index in [9.17, 15) is 4.79 Å². The van der Waals surface area contributed by atoms with E-state index < -0.39 is 0 Å². The lowest BCUT2D eigenvalue weighted by molar-refractivity contribution is 0.0711. The summed E-state index contributed by atoms with van der Waals surface area (Å²) < 4.78 is 0. The van der Waals surface area contributed by atoms with Gasteiger partial charge < -0.3 is 0 Å². The first-order valence-electron chi connectivity index (χ1n) is 7.33. The zero-order valence-electron chi connectivity index (χ0n) is 12.3. The van der Waals surface area contributed by atoms with Gasteiger partial charge >= 0.3 is 0 Å². The van der Waals surface area contributed by atoms with Crippen molar-refractivity contribution < 1.29 is 4.79 Å². The summed E-state index contributed by atoms with van der Waals surface area (Å²) in [5, 5.41) is 14.6. The topological polar surface area (TPSA) is 32.7 Å². The number of benzene rings is 1. The Bertz CT molecular complexity index is 823. The van der Waals surface area contributed by atoms with Crippen LogP contribution in [0.4, 0.5) is 0 Å². The van der Waals surface area contributed by atoms with E-state index in [0.717, 1.165) is 23.3 Å². The molecular weight excluding hydrogens is 324 g/mol. The van der Waals surface area contributed by atoms with Gasteiger partial charge in [-0.1, -0.05) is 18.2 Å². The SMILES string of the molecule is O=C(c1ccccc1)N1N=C(c2ccsc2)C[C@H]1c1ccsc1. The molecular formula is C18H14N2OS2. The van der Waals surface area contributed by atoms with Crippen molar-refractivity contribution in [2.24, 2.45) is 5.10 Å². The summed E-state index contributed by atoms with van der Waals surface area (Å²) >= 11 is 3.30.